The molecule has 1 fully saturated rings. The Morgan fingerprint density at radius 2 is 1.80 bits per heavy atom. The summed E-state index contributed by atoms with van der Waals surface area (Å²) in [6, 6.07) is 18.7. The smallest absolute Gasteiger partial charge is 0.237 e. The normalized spacial score (nSPS) is 13.6. The largest absolute Gasteiger partial charge is 0.338 e. The van der Waals surface area contributed by atoms with E-state index >= 15 is 0 Å². The van der Waals surface area contributed by atoms with E-state index in [1.165, 1.54) is 24.0 Å². The average Bonchev–Trinajstić information content (AvgIpc) is 3.39. The molecular weight excluding hydrogens is 394 g/mol. The fourth-order valence-corrected chi connectivity index (χ4v) is 4.19. The van der Waals surface area contributed by atoms with Gasteiger partial charge in [-0.2, -0.15) is 4.98 Å². The molecule has 0 aliphatic heterocycles. The summed E-state index contributed by atoms with van der Waals surface area (Å²) in [5.41, 5.74) is 3.51. The van der Waals surface area contributed by atoms with Gasteiger partial charge in [0.1, 0.15) is 5.82 Å². The summed E-state index contributed by atoms with van der Waals surface area (Å²) >= 11 is 1.59. The van der Waals surface area contributed by atoms with Gasteiger partial charge in [-0.3, -0.25) is 0 Å². The summed E-state index contributed by atoms with van der Waals surface area (Å²) in [5.74, 6) is 3.41. The number of benzene rings is 2. The molecule has 1 aliphatic carbocycles. The molecule has 2 heterocycles. The number of aromatic nitrogens is 5. The molecule has 0 amide bonds. The third-order valence-corrected chi connectivity index (χ3v) is 6.24. The van der Waals surface area contributed by atoms with Crippen LogP contribution in [0.2, 0.25) is 0 Å². The molecule has 2 aromatic heterocycles. The number of aryl methyl sites for hydroxylation is 1. The van der Waals surface area contributed by atoms with Crippen LogP contribution < -0.4 is 0 Å². The van der Waals surface area contributed by atoms with Gasteiger partial charge in [0, 0.05) is 11.5 Å². The Balaban J connectivity index is 1.31. The molecule has 152 valence electrons. The molecule has 2 aromatic carbocycles. The van der Waals surface area contributed by atoms with Crippen molar-refractivity contribution in [2.45, 2.75) is 49.6 Å². The maximum atomic E-state index is 5.48. The monoisotopic (exact) mass is 417 g/mol. The minimum absolute atomic E-state index is 0.539. The van der Waals surface area contributed by atoms with E-state index in [0.29, 0.717) is 23.4 Å². The van der Waals surface area contributed by atoms with E-state index in [1.807, 2.05) is 18.2 Å². The molecule has 0 radical (unpaired) electrons. The third kappa shape index (κ3) is 4.16. The average molecular weight is 418 g/mol. The Kier molecular flexibility index (Phi) is 5.36. The van der Waals surface area contributed by atoms with Crippen LogP contribution in [0.4, 0.5) is 0 Å². The van der Waals surface area contributed by atoms with Crippen molar-refractivity contribution in [1.29, 1.82) is 0 Å². The molecule has 5 rings (SSSR count). The van der Waals surface area contributed by atoms with E-state index in [2.05, 4.69) is 68.2 Å². The van der Waals surface area contributed by atoms with E-state index in [9.17, 15) is 0 Å². The summed E-state index contributed by atoms with van der Waals surface area (Å²) in [6.07, 6.45) is 3.41. The first-order valence-corrected chi connectivity index (χ1v) is 11.3. The van der Waals surface area contributed by atoms with Crippen molar-refractivity contribution in [3.05, 3.63) is 77.4 Å². The highest BCUT2D eigenvalue weighted by atomic mass is 32.2. The molecule has 4 aromatic rings. The summed E-state index contributed by atoms with van der Waals surface area (Å²) in [5, 5.41) is 14.0. The molecule has 0 N–H and O–H groups in total. The summed E-state index contributed by atoms with van der Waals surface area (Å²) in [6.45, 7) is 2.92. The molecule has 0 atom stereocenters. The van der Waals surface area contributed by atoms with Gasteiger partial charge in [0.15, 0.2) is 5.16 Å². The van der Waals surface area contributed by atoms with Crippen molar-refractivity contribution in [3.8, 4) is 11.4 Å². The van der Waals surface area contributed by atoms with Crippen molar-refractivity contribution in [2.24, 2.45) is 0 Å². The second-order valence-corrected chi connectivity index (χ2v) is 8.48. The number of nitrogens with zero attached hydrogens (tertiary/aromatic N) is 5. The van der Waals surface area contributed by atoms with Crippen LogP contribution in [-0.2, 0) is 18.7 Å². The molecule has 0 saturated heterocycles. The van der Waals surface area contributed by atoms with Crippen molar-refractivity contribution >= 4 is 11.8 Å². The third-order valence-electron chi connectivity index (χ3n) is 5.28. The van der Waals surface area contributed by atoms with Crippen molar-refractivity contribution < 1.29 is 4.52 Å². The standard InChI is InChI=1S/C23H23N5OS/c1-2-16-8-10-18(11-9-16)21-24-20(29-27-21)15-30-23-26-25-22(19-12-13-19)28(23)14-17-6-4-3-5-7-17/h3-11,19H,2,12-15H2,1H3. The first kappa shape index (κ1) is 19.1. The molecule has 7 heteroatoms. The first-order valence-electron chi connectivity index (χ1n) is 10.3. The van der Waals surface area contributed by atoms with Gasteiger partial charge in [-0.1, -0.05) is 78.4 Å². The number of hydrogen-bond acceptors (Lipinski definition) is 6. The molecule has 0 bridgehead atoms. The summed E-state index contributed by atoms with van der Waals surface area (Å²) in [7, 11) is 0. The number of hydrogen-bond donors (Lipinski definition) is 0. The lowest BCUT2D eigenvalue weighted by atomic mass is 10.1. The summed E-state index contributed by atoms with van der Waals surface area (Å²) < 4.78 is 7.72. The van der Waals surface area contributed by atoms with Crippen LogP contribution in [0, 0.1) is 0 Å². The van der Waals surface area contributed by atoms with Gasteiger partial charge in [0.25, 0.3) is 0 Å². The highest BCUT2D eigenvalue weighted by Crippen LogP contribution is 2.40. The maximum Gasteiger partial charge on any atom is 0.237 e. The van der Waals surface area contributed by atoms with Crippen LogP contribution in [0.25, 0.3) is 11.4 Å². The van der Waals surface area contributed by atoms with Gasteiger partial charge in [-0.05, 0) is 30.4 Å². The Bertz CT molecular complexity index is 1120. The Morgan fingerprint density at radius 1 is 1.00 bits per heavy atom. The predicted molar refractivity (Wildman–Crippen MR) is 116 cm³/mol. The lowest BCUT2D eigenvalue weighted by Crippen LogP contribution is -2.06. The number of thioether (sulfide) groups is 1. The lowest BCUT2D eigenvalue weighted by Gasteiger charge is -2.09. The fraction of sp³-hybridized carbons (Fsp3) is 0.304. The van der Waals surface area contributed by atoms with E-state index in [4.69, 9.17) is 4.52 Å². The molecule has 30 heavy (non-hydrogen) atoms. The van der Waals surface area contributed by atoms with Crippen molar-refractivity contribution in [3.63, 3.8) is 0 Å². The van der Waals surface area contributed by atoms with Gasteiger partial charge in [0.05, 0.1) is 12.3 Å². The van der Waals surface area contributed by atoms with E-state index in [1.54, 1.807) is 11.8 Å². The zero-order valence-corrected chi connectivity index (χ0v) is 17.7. The van der Waals surface area contributed by atoms with Gasteiger partial charge in [-0.15, -0.1) is 10.2 Å². The van der Waals surface area contributed by atoms with Gasteiger partial charge in [-0.25, -0.2) is 0 Å². The Hall–Kier alpha value is -2.93. The van der Waals surface area contributed by atoms with Crippen LogP contribution in [0.1, 0.15) is 48.5 Å². The molecule has 0 unspecified atom stereocenters. The predicted octanol–water partition coefficient (Wildman–Crippen LogP) is 5.11. The minimum Gasteiger partial charge on any atom is -0.338 e. The molecule has 6 nitrogen and oxygen atoms in total. The molecule has 1 saturated carbocycles. The van der Waals surface area contributed by atoms with Crippen LogP contribution in [0.15, 0.2) is 64.3 Å². The van der Waals surface area contributed by atoms with Crippen LogP contribution in [0.3, 0.4) is 0 Å². The van der Waals surface area contributed by atoms with Crippen LogP contribution >= 0.6 is 11.8 Å². The maximum absolute atomic E-state index is 5.48. The van der Waals surface area contributed by atoms with Crippen molar-refractivity contribution in [2.75, 3.05) is 0 Å². The van der Waals surface area contributed by atoms with Gasteiger partial charge >= 0.3 is 0 Å². The number of rotatable bonds is 8. The van der Waals surface area contributed by atoms with Crippen LogP contribution in [-0.4, -0.2) is 24.9 Å². The van der Waals surface area contributed by atoms with Crippen LogP contribution in [0.5, 0.6) is 0 Å². The van der Waals surface area contributed by atoms with Gasteiger partial charge < -0.3 is 9.09 Å². The zero-order chi connectivity index (χ0) is 20.3. The molecular formula is C23H23N5OS. The minimum atomic E-state index is 0.539. The highest BCUT2D eigenvalue weighted by Gasteiger charge is 2.30. The van der Waals surface area contributed by atoms with E-state index in [0.717, 1.165) is 29.5 Å². The fourth-order valence-electron chi connectivity index (χ4n) is 3.41. The molecule has 1 aliphatic rings. The SMILES string of the molecule is CCc1ccc(-c2noc(CSc3nnc(C4CC4)n3Cc3ccccc3)n2)cc1. The quantitative estimate of drug-likeness (QED) is 0.371. The van der Waals surface area contributed by atoms with E-state index in [-0.39, 0.29) is 0 Å². The summed E-state index contributed by atoms with van der Waals surface area (Å²) in [4.78, 5) is 4.56. The lowest BCUT2D eigenvalue weighted by molar-refractivity contribution is 0.391. The van der Waals surface area contributed by atoms with Gasteiger partial charge in [0.2, 0.25) is 11.7 Å². The zero-order valence-electron chi connectivity index (χ0n) is 16.9. The first-order chi connectivity index (χ1) is 14.8. The van der Waals surface area contributed by atoms with Crippen molar-refractivity contribution in [1.82, 2.24) is 24.9 Å². The Labute approximate surface area is 179 Å². The van der Waals surface area contributed by atoms with E-state index < -0.39 is 0 Å². The second-order valence-electron chi connectivity index (χ2n) is 7.54. The Morgan fingerprint density at radius 3 is 2.53 bits per heavy atom. The highest BCUT2D eigenvalue weighted by molar-refractivity contribution is 7.98. The molecule has 0 spiro atoms. The topological polar surface area (TPSA) is 69.6 Å². The second kappa shape index (κ2) is 8.44.